The first-order valence-corrected chi connectivity index (χ1v) is 7.62. The Kier molecular flexibility index (Phi) is 5.06. The van der Waals surface area contributed by atoms with Crippen molar-refractivity contribution in [2.45, 2.75) is 27.2 Å². The second-order valence-corrected chi connectivity index (χ2v) is 5.79. The third kappa shape index (κ3) is 3.54. The topological polar surface area (TPSA) is 50.7 Å². The van der Waals surface area contributed by atoms with Crippen molar-refractivity contribution < 1.29 is 0 Å². The molecule has 0 amide bonds. The monoisotopic (exact) mass is 334 g/mol. The summed E-state index contributed by atoms with van der Waals surface area (Å²) in [7, 11) is 0. The molecule has 0 bridgehead atoms. The molecule has 2 rings (SSSR count). The maximum Gasteiger partial charge on any atom is 0.180 e. The van der Waals surface area contributed by atoms with Crippen LogP contribution >= 0.6 is 15.9 Å². The molecule has 0 aliphatic heterocycles. The van der Waals surface area contributed by atoms with Crippen molar-refractivity contribution >= 4 is 21.7 Å². The highest BCUT2D eigenvalue weighted by atomic mass is 79.9. The van der Waals surface area contributed by atoms with E-state index in [9.17, 15) is 0 Å². The van der Waals surface area contributed by atoms with E-state index in [0.29, 0.717) is 11.7 Å². The Labute approximate surface area is 128 Å². The molecule has 0 spiro atoms. The zero-order valence-corrected chi connectivity index (χ0v) is 13.6. The lowest BCUT2D eigenvalue weighted by Gasteiger charge is -2.13. The number of nitrogens with one attached hydrogen (secondary N) is 1. The second-order valence-electron chi connectivity index (χ2n) is 5.00. The Morgan fingerprint density at radius 2 is 2.05 bits per heavy atom. The van der Waals surface area contributed by atoms with E-state index in [1.54, 1.807) is 6.20 Å². The van der Waals surface area contributed by atoms with Crippen LogP contribution in [-0.4, -0.2) is 21.5 Å². The van der Waals surface area contributed by atoms with Crippen LogP contribution in [0.4, 0.5) is 5.82 Å². The molecule has 2 aromatic rings. The van der Waals surface area contributed by atoms with Gasteiger partial charge in [-0.1, -0.05) is 19.9 Å². The summed E-state index contributed by atoms with van der Waals surface area (Å²) in [6.07, 6.45) is 2.66. The number of hydrogen-bond donors (Lipinski definition) is 1. The fourth-order valence-corrected chi connectivity index (χ4v) is 2.39. The van der Waals surface area contributed by atoms with Gasteiger partial charge in [-0.25, -0.2) is 9.97 Å². The van der Waals surface area contributed by atoms with Gasteiger partial charge in [0.2, 0.25) is 0 Å². The highest BCUT2D eigenvalue weighted by molar-refractivity contribution is 9.10. The van der Waals surface area contributed by atoms with Crippen LogP contribution in [0.1, 0.15) is 26.5 Å². The lowest BCUT2D eigenvalue weighted by atomic mass is 10.1. The number of anilines is 1. The Bertz CT molecular complexity index is 570. The van der Waals surface area contributed by atoms with E-state index in [4.69, 9.17) is 0 Å². The first-order chi connectivity index (χ1) is 9.61. The lowest BCUT2D eigenvalue weighted by Crippen LogP contribution is -2.08. The molecule has 0 unspecified atom stereocenters. The maximum atomic E-state index is 4.67. The van der Waals surface area contributed by atoms with Gasteiger partial charge < -0.3 is 5.32 Å². The molecule has 0 aliphatic rings. The van der Waals surface area contributed by atoms with Gasteiger partial charge in [0.05, 0.1) is 10.2 Å². The molecule has 4 nitrogen and oxygen atoms in total. The lowest BCUT2D eigenvalue weighted by molar-refractivity contribution is 0.632. The van der Waals surface area contributed by atoms with Crippen LogP contribution in [0, 0.1) is 5.92 Å². The molecule has 20 heavy (non-hydrogen) atoms. The van der Waals surface area contributed by atoms with Crippen LogP contribution in [0.5, 0.6) is 0 Å². The van der Waals surface area contributed by atoms with Crippen LogP contribution in [0.3, 0.4) is 0 Å². The number of nitrogens with zero attached hydrogens (tertiary/aromatic N) is 3. The number of pyridine rings is 1. The summed E-state index contributed by atoms with van der Waals surface area (Å²) in [5.74, 6) is 2.03. The van der Waals surface area contributed by atoms with E-state index in [2.05, 4.69) is 57.0 Å². The molecule has 0 fully saturated rings. The average Bonchev–Trinajstić information content (AvgIpc) is 2.44. The van der Waals surface area contributed by atoms with E-state index < -0.39 is 0 Å². The van der Waals surface area contributed by atoms with Crippen molar-refractivity contribution in [3.8, 4) is 11.5 Å². The SMILES string of the molecule is CCNc1nc(-c2ccccn2)nc(CC(C)C)c1Br. The maximum absolute atomic E-state index is 4.67. The van der Waals surface area contributed by atoms with E-state index in [0.717, 1.165) is 34.6 Å². The van der Waals surface area contributed by atoms with Gasteiger partial charge in [0.1, 0.15) is 11.5 Å². The number of aromatic nitrogens is 3. The standard InChI is InChI=1S/C15H19BrN4/c1-4-17-15-13(16)12(9-10(2)3)19-14(20-15)11-7-5-6-8-18-11/h5-8,10H,4,9H2,1-3H3,(H,17,19,20). The molecule has 2 heterocycles. The quantitative estimate of drug-likeness (QED) is 0.899. The predicted octanol–water partition coefficient (Wildman–Crippen LogP) is 3.93. The van der Waals surface area contributed by atoms with Gasteiger partial charge in [0, 0.05) is 12.7 Å². The van der Waals surface area contributed by atoms with Crippen molar-refractivity contribution in [3.63, 3.8) is 0 Å². The fraction of sp³-hybridized carbons (Fsp3) is 0.400. The molecule has 0 aliphatic carbocycles. The summed E-state index contributed by atoms with van der Waals surface area (Å²) >= 11 is 3.61. The van der Waals surface area contributed by atoms with Crippen LogP contribution in [-0.2, 0) is 6.42 Å². The van der Waals surface area contributed by atoms with Gasteiger partial charge in [0.25, 0.3) is 0 Å². The van der Waals surface area contributed by atoms with Crippen molar-refractivity contribution in [3.05, 3.63) is 34.6 Å². The Morgan fingerprint density at radius 3 is 2.65 bits per heavy atom. The number of hydrogen-bond acceptors (Lipinski definition) is 4. The van der Waals surface area contributed by atoms with Crippen LogP contribution in [0.15, 0.2) is 28.9 Å². The Hall–Kier alpha value is -1.49. The van der Waals surface area contributed by atoms with E-state index in [1.807, 2.05) is 18.2 Å². The Balaban J connectivity index is 2.49. The average molecular weight is 335 g/mol. The summed E-state index contributed by atoms with van der Waals surface area (Å²) in [4.78, 5) is 13.6. The number of halogens is 1. The molecule has 0 aromatic carbocycles. The largest absolute Gasteiger partial charge is 0.369 e. The molecule has 0 atom stereocenters. The minimum Gasteiger partial charge on any atom is -0.369 e. The summed E-state index contributed by atoms with van der Waals surface area (Å²) in [5.41, 5.74) is 1.82. The zero-order valence-electron chi connectivity index (χ0n) is 12.0. The molecule has 0 radical (unpaired) electrons. The molecule has 0 saturated heterocycles. The van der Waals surface area contributed by atoms with Gasteiger partial charge in [-0.3, -0.25) is 4.98 Å². The smallest absolute Gasteiger partial charge is 0.180 e. The number of rotatable bonds is 5. The fourth-order valence-electron chi connectivity index (χ4n) is 1.91. The van der Waals surface area contributed by atoms with E-state index in [-0.39, 0.29) is 0 Å². The van der Waals surface area contributed by atoms with Crippen LogP contribution in [0.25, 0.3) is 11.5 Å². The van der Waals surface area contributed by atoms with Crippen molar-refractivity contribution in [2.75, 3.05) is 11.9 Å². The summed E-state index contributed by atoms with van der Waals surface area (Å²) in [5, 5.41) is 3.27. The predicted molar refractivity (Wildman–Crippen MR) is 85.7 cm³/mol. The molecule has 2 aromatic heterocycles. The van der Waals surface area contributed by atoms with E-state index in [1.165, 1.54) is 0 Å². The minimum absolute atomic E-state index is 0.534. The molecule has 0 saturated carbocycles. The first kappa shape index (κ1) is 14.9. The molecule has 106 valence electrons. The Morgan fingerprint density at radius 1 is 1.25 bits per heavy atom. The van der Waals surface area contributed by atoms with Gasteiger partial charge in [-0.2, -0.15) is 0 Å². The van der Waals surface area contributed by atoms with Crippen molar-refractivity contribution in [1.29, 1.82) is 0 Å². The first-order valence-electron chi connectivity index (χ1n) is 6.83. The highest BCUT2D eigenvalue weighted by Crippen LogP contribution is 2.28. The minimum atomic E-state index is 0.534. The summed E-state index contributed by atoms with van der Waals surface area (Å²) in [6.45, 7) is 7.24. The zero-order chi connectivity index (χ0) is 14.5. The second kappa shape index (κ2) is 6.79. The van der Waals surface area contributed by atoms with E-state index >= 15 is 0 Å². The van der Waals surface area contributed by atoms with Crippen molar-refractivity contribution in [2.24, 2.45) is 5.92 Å². The molecule has 5 heteroatoms. The van der Waals surface area contributed by atoms with Gasteiger partial charge >= 0.3 is 0 Å². The van der Waals surface area contributed by atoms with Gasteiger partial charge in [0.15, 0.2) is 5.82 Å². The summed E-state index contributed by atoms with van der Waals surface area (Å²) in [6, 6.07) is 5.77. The molecular weight excluding hydrogens is 316 g/mol. The molecular formula is C15H19BrN4. The summed E-state index contributed by atoms with van der Waals surface area (Å²) < 4.78 is 0.952. The normalized spacial score (nSPS) is 10.8. The highest BCUT2D eigenvalue weighted by Gasteiger charge is 2.14. The molecule has 1 N–H and O–H groups in total. The van der Waals surface area contributed by atoms with Crippen LogP contribution in [0.2, 0.25) is 0 Å². The van der Waals surface area contributed by atoms with Gasteiger partial charge in [-0.05, 0) is 47.3 Å². The third-order valence-corrected chi connectivity index (χ3v) is 3.59. The van der Waals surface area contributed by atoms with Crippen molar-refractivity contribution in [1.82, 2.24) is 15.0 Å². The van der Waals surface area contributed by atoms with Gasteiger partial charge in [-0.15, -0.1) is 0 Å². The third-order valence-electron chi connectivity index (χ3n) is 2.76. The van der Waals surface area contributed by atoms with Crippen LogP contribution < -0.4 is 5.32 Å².